The quantitative estimate of drug-likeness (QED) is 0.576. The molecule has 2 aromatic rings. The molecular weight excluding hydrogens is 422 g/mol. The van der Waals surface area contributed by atoms with Crippen molar-refractivity contribution in [2.24, 2.45) is 0 Å². The highest BCUT2D eigenvalue weighted by atomic mass is 35.5. The number of carbonyl (C=O) groups excluding carboxylic acids is 2. The highest BCUT2D eigenvalue weighted by Crippen LogP contribution is 2.29. The molecular formula is C19H23ClF2N4O2S. The monoisotopic (exact) mass is 444 g/mol. The van der Waals surface area contributed by atoms with Crippen molar-refractivity contribution in [2.45, 2.75) is 51.5 Å². The van der Waals surface area contributed by atoms with Gasteiger partial charge >= 0.3 is 0 Å². The number of anilines is 1. The molecule has 2 amide bonds. The minimum Gasteiger partial charge on any atom is -0.344 e. The van der Waals surface area contributed by atoms with E-state index in [0.29, 0.717) is 28.9 Å². The summed E-state index contributed by atoms with van der Waals surface area (Å²) in [6, 6.07) is 2.09. The molecule has 0 radical (unpaired) electrons. The third-order valence-corrected chi connectivity index (χ3v) is 5.96. The lowest BCUT2D eigenvalue weighted by Crippen LogP contribution is -2.44. The Morgan fingerprint density at radius 1 is 1.21 bits per heavy atom. The fraction of sp³-hybridized carbons (Fsp3) is 0.474. The van der Waals surface area contributed by atoms with E-state index in [1.54, 1.807) is 0 Å². The molecule has 0 aliphatic rings. The molecule has 0 fully saturated rings. The van der Waals surface area contributed by atoms with Crippen LogP contribution in [0.25, 0.3) is 0 Å². The molecule has 6 nitrogen and oxygen atoms in total. The molecule has 1 aromatic carbocycles. The summed E-state index contributed by atoms with van der Waals surface area (Å²) >= 11 is 7.15. The molecule has 0 saturated heterocycles. The molecule has 2 N–H and O–H groups in total. The Labute approximate surface area is 177 Å². The van der Waals surface area contributed by atoms with Crippen LogP contribution in [0.4, 0.5) is 13.9 Å². The van der Waals surface area contributed by atoms with Gasteiger partial charge in [0.25, 0.3) is 0 Å². The number of halogens is 3. The molecule has 158 valence electrons. The second-order valence-corrected chi connectivity index (χ2v) is 8.53. The van der Waals surface area contributed by atoms with Gasteiger partial charge in [0.05, 0.1) is 6.42 Å². The number of nitrogens with zero attached hydrogens (tertiary/aromatic N) is 2. The molecule has 1 unspecified atom stereocenters. The zero-order valence-electron chi connectivity index (χ0n) is 16.4. The van der Waals surface area contributed by atoms with Gasteiger partial charge in [-0.1, -0.05) is 38.5 Å². The van der Waals surface area contributed by atoms with Crippen LogP contribution in [-0.4, -0.2) is 33.9 Å². The highest BCUT2D eigenvalue weighted by molar-refractivity contribution is 7.15. The van der Waals surface area contributed by atoms with Crippen LogP contribution in [0, 0.1) is 11.6 Å². The topological polar surface area (TPSA) is 84.0 Å². The molecule has 0 spiro atoms. The zero-order valence-corrected chi connectivity index (χ0v) is 18.0. The summed E-state index contributed by atoms with van der Waals surface area (Å²) in [7, 11) is 0. The van der Waals surface area contributed by atoms with Gasteiger partial charge in [-0.2, -0.15) is 0 Å². The first-order valence-electron chi connectivity index (χ1n) is 9.09. The highest BCUT2D eigenvalue weighted by Gasteiger charge is 2.26. The number of benzene rings is 1. The average Bonchev–Trinajstić information content (AvgIpc) is 3.09. The van der Waals surface area contributed by atoms with Crippen LogP contribution in [0.15, 0.2) is 18.2 Å². The van der Waals surface area contributed by atoms with Crippen LogP contribution < -0.4 is 10.6 Å². The number of aromatic nitrogens is 2. The number of alkyl halides is 1. The smallest absolute Gasteiger partial charge is 0.248 e. The summed E-state index contributed by atoms with van der Waals surface area (Å²) in [5.41, 5.74) is -0.188. The van der Waals surface area contributed by atoms with E-state index in [2.05, 4.69) is 20.8 Å². The molecule has 0 saturated carbocycles. The lowest BCUT2D eigenvalue weighted by Gasteiger charge is -2.17. The maximum absolute atomic E-state index is 13.3. The predicted octanol–water partition coefficient (Wildman–Crippen LogP) is 3.80. The van der Waals surface area contributed by atoms with Gasteiger partial charge in [-0.05, 0) is 24.1 Å². The van der Waals surface area contributed by atoms with Gasteiger partial charge < -0.3 is 5.32 Å². The van der Waals surface area contributed by atoms with Crippen LogP contribution in [0.5, 0.6) is 0 Å². The Morgan fingerprint density at radius 3 is 2.45 bits per heavy atom. The predicted molar refractivity (Wildman–Crippen MR) is 109 cm³/mol. The second kappa shape index (κ2) is 10.1. The van der Waals surface area contributed by atoms with E-state index in [1.165, 1.54) is 11.3 Å². The van der Waals surface area contributed by atoms with E-state index in [0.717, 1.165) is 18.2 Å². The summed E-state index contributed by atoms with van der Waals surface area (Å²) in [5.74, 6) is -2.11. The van der Waals surface area contributed by atoms with Gasteiger partial charge in [0.1, 0.15) is 22.7 Å². The van der Waals surface area contributed by atoms with Crippen molar-refractivity contribution in [1.82, 2.24) is 15.5 Å². The van der Waals surface area contributed by atoms with Gasteiger partial charge in [-0.25, -0.2) is 8.78 Å². The zero-order chi connectivity index (χ0) is 21.6. The van der Waals surface area contributed by atoms with Crippen LogP contribution in [-0.2, 0) is 21.4 Å². The molecule has 2 rings (SSSR count). The van der Waals surface area contributed by atoms with Crippen LogP contribution in [0.3, 0.4) is 0 Å². The first kappa shape index (κ1) is 23.2. The largest absolute Gasteiger partial charge is 0.344 e. The molecule has 1 heterocycles. The first-order chi connectivity index (χ1) is 13.6. The maximum Gasteiger partial charge on any atom is 0.248 e. The molecule has 29 heavy (non-hydrogen) atoms. The molecule has 1 aromatic heterocycles. The molecule has 0 aliphatic carbocycles. The molecule has 1 atom stereocenters. The Morgan fingerprint density at radius 2 is 1.86 bits per heavy atom. The van der Waals surface area contributed by atoms with Gasteiger partial charge in [0, 0.05) is 17.4 Å². The Hall–Kier alpha value is -2.13. The van der Waals surface area contributed by atoms with Crippen molar-refractivity contribution in [2.75, 3.05) is 11.2 Å². The number of hydrogen-bond donors (Lipinski definition) is 2. The number of rotatable bonds is 9. The maximum atomic E-state index is 13.3. The average molecular weight is 445 g/mol. The van der Waals surface area contributed by atoms with E-state index < -0.39 is 29.5 Å². The molecule has 0 aliphatic heterocycles. The van der Waals surface area contributed by atoms with Gasteiger partial charge in [0.2, 0.25) is 16.9 Å². The standard InChI is InChI=1S/C19H23ClF2N4O2S/c1-4-5-14(23-15(27)8-11-6-12(21)9-13(22)7-11)16(28)24-18-26-25-17(29-18)19(2,3)10-20/h6-7,9,14H,4-5,8,10H2,1-3H3,(H,23,27)(H,24,26,28). The third-order valence-electron chi connectivity index (χ3n) is 4.08. The van der Waals surface area contributed by atoms with Crippen molar-refractivity contribution in [1.29, 1.82) is 0 Å². The summed E-state index contributed by atoms with van der Waals surface area (Å²) < 4.78 is 26.6. The van der Waals surface area contributed by atoms with Crippen LogP contribution >= 0.6 is 22.9 Å². The van der Waals surface area contributed by atoms with E-state index >= 15 is 0 Å². The minimum atomic E-state index is -0.806. The Bertz CT molecular complexity index is 855. The van der Waals surface area contributed by atoms with E-state index in [9.17, 15) is 18.4 Å². The van der Waals surface area contributed by atoms with Crippen molar-refractivity contribution in [3.05, 3.63) is 40.4 Å². The molecule has 0 bridgehead atoms. The van der Waals surface area contributed by atoms with Crippen molar-refractivity contribution in [3.63, 3.8) is 0 Å². The summed E-state index contributed by atoms with van der Waals surface area (Å²) in [4.78, 5) is 24.9. The summed E-state index contributed by atoms with van der Waals surface area (Å²) in [5, 5.41) is 14.3. The normalized spacial score (nSPS) is 12.5. The van der Waals surface area contributed by atoms with Crippen LogP contribution in [0.1, 0.15) is 44.2 Å². The van der Waals surface area contributed by atoms with Crippen molar-refractivity contribution < 1.29 is 18.4 Å². The van der Waals surface area contributed by atoms with E-state index in [-0.39, 0.29) is 17.4 Å². The summed E-state index contributed by atoms with van der Waals surface area (Å²) in [6.45, 7) is 5.71. The lowest BCUT2D eigenvalue weighted by molar-refractivity contribution is -0.126. The van der Waals surface area contributed by atoms with Gasteiger partial charge in [-0.3, -0.25) is 14.9 Å². The molecule has 10 heteroatoms. The number of amides is 2. The van der Waals surface area contributed by atoms with Crippen molar-refractivity contribution >= 4 is 39.9 Å². The van der Waals surface area contributed by atoms with Crippen molar-refractivity contribution in [3.8, 4) is 0 Å². The second-order valence-electron chi connectivity index (χ2n) is 7.28. The summed E-state index contributed by atoms with van der Waals surface area (Å²) in [6.07, 6.45) is 0.802. The lowest BCUT2D eigenvalue weighted by atomic mass is 9.98. The van der Waals surface area contributed by atoms with E-state index in [4.69, 9.17) is 11.6 Å². The minimum absolute atomic E-state index is 0.188. The number of hydrogen-bond acceptors (Lipinski definition) is 5. The fourth-order valence-electron chi connectivity index (χ4n) is 2.50. The SMILES string of the molecule is CCCC(NC(=O)Cc1cc(F)cc(F)c1)C(=O)Nc1nnc(C(C)(C)CCl)s1. The Balaban J connectivity index is 2.02. The fourth-order valence-corrected chi connectivity index (χ4v) is 3.55. The van der Waals surface area contributed by atoms with E-state index in [1.807, 2.05) is 20.8 Å². The number of nitrogens with one attached hydrogen (secondary N) is 2. The third kappa shape index (κ3) is 6.71. The number of carbonyl (C=O) groups is 2. The van der Waals surface area contributed by atoms with Crippen LogP contribution in [0.2, 0.25) is 0 Å². The first-order valence-corrected chi connectivity index (χ1v) is 10.4. The van der Waals surface area contributed by atoms with Gasteiger partial charge in [0.15, 0.2) is 0 Å². The Kier molecular flexibility index (Phi) is 8.04. The van der Waals surface area contributed by atoms with Gasteiger partial charge in [-0.15, -0.1) is 21.8 Å².